The van der Waals surface area contributed by atoms with Gasteiger partial charge < -0.3 is 20.1 Å². The third kappa shape index (κ3) is 5.78. The molecule has 3 N–H and O–H groups in total. The summed E-state index contributed by atoms with van der Waals surface area (Å²) in [4.78, 5) is 15.9. The predicted octanol–water partition coefficient (Wildman–Crippen LogP) is 3.32. The third-order valence-electron chi connectivity index (χ3n) is 4.63. The van der Waals surface area contributed by atoms with Crippen LogP contribution in [0.3, 0.4) is 0 Å². The zero-order chi connectivity index (χ0) is 20.8. The molecule has 0 saturated heterocycles. The van der Waals surface area contributed by atoms with Crippen LogP contribution in [0.25, 0.3) is 22.5 Å². The minimum atomic E-state index is -0.243. The first kappa shape index (κ1) is 22.7. The Kier molecular flexibility index (Phi) is 7.93. The van der Waals surface area contributed by atoms with Crippen LogP contribution in [0.1, 0.15) is 11.4 Å². The van der Waals surface area contributed by atoms with E-state index in [0.717, 1.165) is 22.9 Å². The minimum absolute atomic E-state index is 0. The fraction of sp³-hybridized carbons (Fsp3) is 0.238. The number of guanidine groups is 1. The minimum Gasteiger partial charge on any atom is -0.361 e. The van der Waals surface area contributed by atoms with Crippen LogP contribution in [0, 0.1) is 5.82 Å². The van der Waals surface area contributed by atoms with E-state index in [0.29, 0.717) is 42.9 Å². The summed E-state index contributed by atoms with van der Waals surface area (Å²) in [6.07, 6.45) is 4.97. The molecule has 4 rings (SSSR count). The summed E-state index contributed by atoms with van der Waals surface area (Å²) in [6, 6.07) is 10.3. The van der Waals surface area contributed by atoms with Gasteiger partial charge in [0.05, 0.1) is 0 Å². The molecule has 31 heavy (non-hydrogen) atoms. The summed E-state index contributed by atoms with van der Waals surface area (Å²) >= 11 is 0. The molecule has 1 aromatic carbocycles. The van der Waals surface area contributed by atoms with Crippen molar-refractivity contribution in [3.8, 4) is 11.6 Å². The molecule has 3 heterocycles. The molecule has 162 valence electrons. The van der Waals surface area contributed by atoms with Crippen LogP contribution >= 0.6 is 24.0 Å². The zero-order valence-electron chi connectivity index (χ0n) is 16.9. The van der Waals surface area contributed by atoms with Gasteiger partial charge in [0, 0.05) is 49.9 Å². The molecule has 0 saturated carbocycles. The SMILES string of the molecule is CN=C(NCCc1noc(-c2ccccn2)n1)NCCc1c[nH]c2cc(F)ccc12.I. The fourth-order valence-corrected chi connectivity index (χ4v) is 3.14. The fourth-order valence-electron chi connectivity index (χ4n) is 3.14. The lowest BCUT2D eigenvalue weighted by molar-refractivity contribution is 0.421. The van der Waals surface area contributed by atoms with Gasteiger partial charge in [0.2, 0.25) is 0 Å². The average Bonchev–Trinajstić information content (AvgIpc) is 3.40. The molecule has 10 heteroatoms. The van der Waals surface area contributed by atoms with Crippen LogP contribution in [0.4, 0.5) is 4.39 Å². The van der Waals surface area contributed by atoms with Crippen molar-refractivity contribution in [1.82, 2.24) is 30.7 Å². The first-order valence-electron chi connectivity index (χ1n) is 9.67. The first-order chi connectivity index (χ1) is 14.7. The maximum Gasteiger partial charge on any atom is 0.276 e. The Labute approximate surface area is 195 Å². The van der Waals surface area contributed by atoms with Crippen LogP contribution < -0.4 is 10.6 Å². The van der Waals surface area contributed by atoms with Crippen molar-refractivity contribution < 1.29 is 8.91 Å². The molecule has 0 radical (unpaired) electrons. The number of H-pyrrole nitrogens is 1. The maximum atomic E-state index is 13.3. The van der Waals surface area contributed by atoms with Gasteiger partial charge in [-0.25, -0.2) is 4.39 Å². The van der Waals surface area contributed by atoms with Crippen molar-refractivity contribution in [3.05, 3.63) is 66.0 Å². The summed E-state index contributed by atoms with van der Waals surface area (Å²) in [6.45, 7) is 1.29. The standard InChI is InChI=1S/C21H22FN7O.HI/c1-23-21(25-10-7-14-13-27-18-12-15(22)5-6-16(14)18)26-11-8-19-28-20(30-29-19)17-4-2-3-9-24-17;/h2-6,9,12-13,27H,7-8,10-11H2,1H3,(H2,23,25,26);1H. The van der Waals surface area contributed by atoms with Crippen LogP contribution in [-0.2, 0) is 12.8 Å². The van der Waals surface area contributed by atoms with E-state index >= 15 is 0 Å². The highest BCUT2D eigenvalue weighted by Gasteiger charge is 2.10. The van der Waals surface area contributed by atoms with Crippen molar-refractivity contribution in [2.75, 3.05) is 20.1 Å². The van der Waals surface area contributed by atoms with E-state index in [-0.39, 0.29) is 29.8 Å². The van der Waals surface area contributed by atoms with Crippen molar-refractivity contribution in [1.29, 1.82) is 0 Å². The first-order valence-corrected chi connectivity index (χ1v) is 9.67. The molecule has 0 fully saturated rings. The molecule has 4 aromatic rings. The summed E-state index contributed by atoms with van der Waals surface area (Å²) in [5, 5.41) is 11.5. The van der Waals surface area contributed by atoms with Gasteiger partial charge in [-0.1, -0.05) is 11.2 Å². The number of pyridine rings is 1. The largest absolute Gasteiger partial charge is 0.361 e. The van der Waals surface area contributed by atoms with Gasteiger partial charge >= 0.3 is 0 Å². The van der Waals surface area contributed by atoms with Gasteiger partial charge in [0.1, 0.15) is 11.5 Å². The normalized spacial score (nSPS) is 11.4. The van der Waals surface area contributed by atoms with E-state index in [4.69, 9.17) is 4.52 Å². The summed E-state index contributed by atoms with van der Waals surface area (Å²) in [5.41, 5.74) is 2.58. The van der Waals surface area contributed by atoms with Crippen LogP contribution in [0.2, 0.25) is 0 Å². The molecule has 0 unspecified atom stereocenters. The number of aliphatic imine (C=N–C) groups is 1. The van der Waals surface area contributed by atoms with E-state index in [1.54, 1.807) is 19.3 Å². The summed E-state index contributed by atoms with van der Waals surface area (Å²) < 4.78 is 18.6. The number of aromatic nitrogens is 4. The number of nitrogens with one attached hydrogen (secondary N) is 3. The van der Waals surface area contributed by atoms with Crippen molar-refractivity contribution >= 4 is 40.8 Å². The van der Waals surface area contributed by atoms with Gasteiger partial charge in [-0.2, -0.15) is 4.98 Å². The number of rotatable bonds is 7. The van der Waals surface area contributed by atoms with Gasteiger partial charge in [-0.3, -0.25) is 9.98 Å². The molecule has 0 amide bonds. The Morgan fingerprint density at radius 2 is 2.00 bits per heavy atom. The lowest BCUT2D eigenvalue weighted by Crippen LogP contribution is -2.39. The van der Waals surface area contributed by atoms with E-state index in [9.17, 15) is 4.39 Å². The van der Waals surface area contributed by atoms with Gasteiger partial charge in [0.25, 0.3) is 5.89 Å². The molecule has 0 spiro atoms. The molecule has 0 aliphatic carbocycles. The number of hydrogen-bond donors (Lipinski definition) is 3. The number of benzene rings is 1. The third-order valence-corrected chi connectivity index (χ3v) is 4.63. The molecular weight excluding hydrogens is 512 g/mol. The number of halogens is 2. The topological polar surface area (TPSA) is 104 Å². The molecular formula is C21H23FIN7O. The van der Waals surface area contributed by atoms with Crippen LogP contribution in [-0.4, -0.2) is 46.2 Å². The van der Waals surface area contributed by atoms with Crippen molar-refractivity contribution in [2.24, 2.45) is 4.99 Å². The Morgan fingerprint density at radius 1 is 1.16 bits per heavy atom. The lowest BCUT2D eigenvalue weighted by atomic mass is 10.1. The monoisotopic (exact) mass is 535 g/mol. The highest BCUT2D eigenvalue weighted by Crippen LogP contribution is 2.19. The van der Waals surface area contributed by atoms with Crippen LogP contribution in [0.15, 0.2) is 58.3 Å². The number of fused-ring (bicyclic) bond motifs is 1. The van der Waals surface area contributed by atoms with Gasteiger partial charge in [-0.05, 0) is 42.3 Å². The van der Waals surface area contributed by atoms with E-state index in [1.807, 2.05) is 24.4 Å². The van der Waals surface area contributed by atoms with E-state index in [1.165, 1.54) is 12.1 Å². The Hall–Kier alpha value is -3.02. The zero-order valence-corrected chi connectivity index (χ0v) is 19.3. The second kappa shape index (κ2) is 10.8. The van der Waals surface area contributed by atoms with Gasteiger partial charge in [-0.15, -0.1) is 24.0 Å². The maximum absolute atomic E-state index is 13.3. The predicted molar refractivity (Wildman–Crippen MR) is 128 cm³/mol. The van der Waals surface area contributed by atoms with Crippen molar-refractivity contribution in [2.45, 2.75) is 12.8 Å². The summed E-state index contributed by atoms with van der Waals surface area (Å²) in [7, 11) is 1.72. The average molecular weight is 535 g/mol. The number of aromatic amines is 1. The highest BCUT2D eigenvalue weighted by atomic mass is 127. The second-order valence-electron chi connectivity index (χ2n) is 6.66. The summed E-state index contributed by atoms with van der Waals surface area (Å²) in [5.74, 6) is 1.46. The Morgan fingerprint density at radius 3 is 2.77 bits per heavy atom. The Balaban J connectivity index is 0.00000272. The number of nitrogens with zero attached hydrogens (tertiary/aromatic N) is 4. The van der Waals surface area contributed by atoms with Crippen molar-refractivity contribution in [3.63, 3.8) is 0 Å². The lowest BCUT2D eigenvalue weighted by Gasteiger charge is -2.10. The molecule has 0 atom stereocenters. The highest BCUT2D eigenvalue weighted by molar-refractivity contribution is 14.0. The quantitative estimate of drug-likeness (QED) is 0.191. The molecule has 0 aliphatic heterocycles. The molecule has 0 aliphatic rings. The van der Waals surface area contributed by atoms with Crippen LogP contribution in [0.5, 0.6) is 0 Å². The molecule has 8 nitrogen and oxygen atoms in total. The second-order valence-corrected chi connectivity index (χ2v) is 6.66. The van der Waals surface area contributed by atoms with Gasteiger partial charge in [0.15, 0.2) is 11.8 Å². The van der Waals surface area contributed by atoms with E-state index < -0.39 is 0 Å². The number of hydrogen-bond acceptors (Lipinski definition) is 5. The molecule has 0 bridgehead atoms. The smallest absolute Gasteiger partial charge is 0.276 e. The van der Waals surface area contributed by atoms with E-state index in [2.05, 4.69) is 35.7 Å². The Bertz CT molecular complexity index is 1140. The molecule has 3 aromatic heterocycles.